The molecule has 2 aromatic carbocycles. The number of aryl methyl sites for hydroxylation is 1. The first-order valence-electron chi connectivity index (χ1n) is 5.50. The lowest BCUT2D eigenvalue weighted by molar-refractivity contribution is 0.781. The molecule has 1 heterocycles. The van der Waals surface area contributed by atoms with Crippen LogP contribution in [0.5, 0.6) is 0 Å². The number of rotatable bonds is 1. The molecule has 18 heavy (non-hydrogen) atoms. The highest BCUT2D eigenvalue weighted by Gasteiger charge is 2.07. The number of anilines is 1. The van der Waals surface area contributed by atoms with Crippen molar-refractivity contribution in [1.82, 2.24) is 14.8 Å². The Morgan fingerprint density at radius 2 is 1.83 bits per heavy atom. The zero-order valence-corrected chi connectivity index (χ0v) is 11.3. The Morgan fingerprint density at radius 1 is 1.11 bits per heavy atom. The third-order valence-corrected chi connectivity index (χ3v) is 3.35. The molecule has 0 saturated carbocycles. The second kappa shape index (κ2) is 4.10. The Morgan fingerprint density at radius 3 is 2.56 bits per heavy atom. The first-order valence-corrected chi connectivity index (χ1v) is 6.29. The van der Waals surface area contributed by atoms with Crippen LogP contribution in [0.3, 0.4) is 0 Å². The monoisotopic (exact) mass is 302 g/mol. The van der Waals surface area contributed by atoms with E-state index in [1.807, 2.05) is 12.1 Å². The largest absolute Gasteiger partial charge is 0.368 e. The summed E-state index contributed by atoms with van der Waals surface area (Å²) in [6.07, 6.45) is 0. The number of halogens is 1. The highest BCUT2D eigenvalue weighted by atomic mass is 79.9. The predicted molar refractivity (Wildman–Crippen MR) is 76.1 cm³/mol. The molecule has 4 nitrogen and oxygen atoms in total. The molecule has 0 radical (unpaired) electrons. The maximum absolute atomic E-state index is 5.69. The van der Waals surface area contributed by atoms with Crippen LogP contribution < -0.4 is 5.73 Å². The molecule has 0 aliphatic heterocycles. The summed E-state index contributed by atoms with van der Waals surface area (Å²) in [6.45, 7) is 0. The van der Waals surface area contributed by atoms with Gasteiger partial charge >= 0.3 is 0 Å². The molecule has 3 rings (SSSR count). The minimum atomic E-state index is 0.418. The van der Waals surface area contributed by atoms with Gasteiger partial charge in [-0.15, -0.1) is 5.10 Å². The Hall–Kier alpha value is -1.88. The van der Waals surface area contributed by atoms with Crippen molar-refractivity contribution < 1.29 is 0 Å². The fourth-order valence-corrected chi connectivity index (χ4v) is 2.25. The predicted octanol–water partition coefficient (Wildman–Crippen LogP) is 2.98. The molecule has 5 heteroatoms. The standard InChI is InChI=1S/C13H11BrN4/c1-18-13(15)16-12(17-18)10-3-2-9-7-11(14)5-4-8(9)6-10/h2-7H,1H3,(H2,15,16,17). The van der Waals surface area contributed by atoms with Crippen molar-refractivity contribution in [3.05, 3.63) is 40.9 Å². The number of nitrogen functional groups attached to an aromatic ring is 1. The lowest BCUT2D eigenvalue weighted by atomic mass is 10.1. The smallest absolute Gasteiger partial charge is 0.218 e. The van der Waals surface area contributed by atoms with Crippen molar-refractivity contribution in [2.24, 2.45) is 7.05 Å². The molecular formula is C13H11BrN4. The van der Waals surface area contributed by atoms with Crippen molar-refractivity contribution in [3.8, 4) is 11.4 Å². The van der Waals surface area contributed by atoms with Crippen molar-refractivity contribution in [2.45, 2.75) is 0 Å². The molecule has 0 spiro atoms. The van der Waals surface area contributed by atoms with Gasteiger partial charge in [0, 0.05) is 17.1 Å². The van der Waals surface area contributed by atoms with Gasteiger partial charge in [-0.25, -0.2) is 4.68 Å². The summed E-state index contributed by atoms with van der Waals surface area (Å²) >= 11 is 3.46. The van der Waals surface area contributed by atoms with Crippen LogP contribution >= 0.6 is 15.9 Å². The van der Waals surface area contributed by atoms with E-state index < -0.39 is 0 Å². The molecule has 0 aliphatic rings. The van der Waals surface area contributed by atoms with Crippen LogP contribution in [-0.2, 0) is 7.05 Å². The van der Waals surface area contributed by atoms with Crippen LogP contribution in [0.4, 0.5) is 5.95 Å². The van der Waals surface area contributed by atoms with Gasteiger partial charge in [0.25, 0.3) is 0 Å². The first kappa shape index (κ1) is 11.2. The summed E-state index contributed by atoms with van der Waals surface area (Å²) < 4.78 is 2.64. The maximum atomic E-state index is 5.69. The van der Waals surface area contributed by atoms with Crippen LogP contribution in [0.2, 0.25) is 0 Å². The molecule has 0 atom stereocenters. The molecule has 1 aromatic heterocycles. The van der Waals surface area contributed by atoms with E-state index in [2.05, 4.69) is 50.3 Å². The number of nitrogens with zero attached hydrogens (tertiary/aromatic N) is 3. The van der Waals surface area contributed by atoms with Crippen LogP contribution in [-0.4, -0.2) is 14.8 Å². The molecule has 0 amide bonds. The van der Waals surface area contributed by atoms with Crippen LogP contribution in [0, 0.1) is 0 Å². The molecule has 3 aromatic rings. The third-order valence-electron chi connectivity index (χ3n) is 2.86. The first-order chi connectivity index (χ1) is 8.63. The summed E-state index contributed by atoms with van der Waals surface area (Å²) in [4.78, 5) is 4.23. The van der Waals surface area contributed by atoms with Crippen molar-refractivity contribution in [1.29, 1.82) is 0 Å². The fourth-order valence-electron chi connectivity index (χ4n) is 1.87. The number of hydrogen-bond acceptors (Lipinski definition) is 3. The Balaban J connectivity index is 2.16. The average Bonchev–Trinajstić information content (AvgIpc) is 2.69. The van der Waals surface area contributed by atoms with Gasteiger partial charge in [-0.2, -0.15) is 4.98 Å². The minimum Gasteiger partial charge on any atom is -0.368 e. The van der Waals surface area contributed by atoms with Gasteiger partial charge in [-0.3, -0.25) is 0 Å². The summed E-state index contributed by atoms with van der Waals surface area (Å²) in [7, 11) is 1.78. The van der Waals surface area contributed by atoms with Gasteiger partial charge in [0.15, 0.2) is 5.82 Å². The van der Waals surface area contributed by atoms with E-state index in [9.17, 15) is 0 Å². The molecule has 0 unspecified atom stereocenters. The van der Waals surface area contributed by atoms with Crippen molar-refractivity contribution >= 4 is 32.7 Å². The van der Waals surface area contributed by atoms with Crippen LogP contribution in [0.15, 0.2) is 40.9 Å². The maximum Gasteiger partial charge on any atom is 0.218 e. The zero-order valence-electron chi connectivity index (χ0n) is 9.76. The van der Waals surface area contributed by atoms with Gasteiger partial charge in [0.2, 0.25) is 5.95 Å². The van der Waals surface area contributed by atoms with Gasteiger partial charge in [-0.05, 0) is 29.0 Å². The average molecular weight is 303 g/mol. The number of nitrogens with two attached hydrogens (primary N) is 1. The summed E-state index contributed by atoms with van der Waals surface area (Å²) in [5.41, 5.74) is 6.66. The van der Waals surface area contributed by atoms with E-state index in [0.29, 0.717) is 11.8 Å². The Labute approximate surface area is 113 Å². The lowest BCUT2D eigenvalue weighted by Gasteiger charge is -2.01. The molecule has 2 N–H and O–H groups in total. The van der Waals surface area contributed by atoms with Crippen molar-refractivity contribution in [3.63, 3.8) is 0 Å². The second-order valence-corrected chi connectivity index (χ2v) is 5.04. The Bertz CT molecular complexity index is 713. The molecule has 0 bridgehead atoms. The summed E-state index contributed by atoms with van der Waals surface area (Å²) in [6, 6.07) is 12.3. The minimum absolute atomic E-state index is 0.418. The number of aromatic nitrogens is 3. The highest BCUT2D eigenvalue weighted by Crippen LogP contribution is 2.25. The summed E-state index contributed by atoms with van der Waals surface area (Å²) in [5.74, 6) is 1.07. The van der Waals surface area contributed by atoms with Gasteiger partial charge in [-0.1, -0.05) is 34.1 Å². The fraction of sp³-hybridized carbons (Fsp3) is 0.0769. The highest BCUT2D eigenvalue weighted by molar-refractivity contribution is 9.10. The van der Waals surface area contributed by atoms with E-state index in [-0.39, 0.29) is 0 Å². The van der Waals surface area contributed by atoms with Gasteiger partial charge in [0.1, 0.15) is 0 Å². The lowest BCUT2D eigenvalue weighted by Crippen LogP contribution is -1.97. The van der Waals surface area contributed by atoms with Gasteiger partial charge < -0.3 is 5.73 Å². The molecule has 0 fully saturated rings. The van der Waals surface area contributed by atoms with E-state index >= 15 is 0 Å². The van der Waals surface area contributed by atoms with E-state index in [1.165, 1.54) is 5.39 Å². The SMILES string of the molecule is Cn1nc(-c2ccc3cc(Br)ccc3c2)nc1N. The summed E-state index contributed by atoms with van der Waals surface area (Å²) in [5, 5.41) is 6.61. The normalized spacial score (nSPS) is 11.0. The third kappa shape index (κ3) is 1.86. The quantitative estimate of drug-likeness (QED) is 0.752. The number of benzene rings is 2. The zero-order chi connectivity index (χ0) is 12.7. The molecular weight excluding hydrogens is 292 g/mol. The Kier molecular flexibility index (Phi) is 2.56. The van der Waals surface area contributed by atoms with E-state index in [1.54, 1.807) is 11.7 Å². The van der Waals surface area contributed by atoms with Crippen LogP contribution in [0.1, 0.15) is 0 Å². The number of fused-ring (bicyclic) bond motifs is 1. The van der Waals surface area contributed by atoms with Crippen molar-refractivity contribution in [2.75, 3.05) is 5.73 Å². The van der Waals surface area contributed by atoms with Crippen LogP contribution in [0.25, 0.3) is 22.2 Å². The van der Waals surface area contributed by atoms with E-state index in [4.69, 9.17) is 5.73 Å². The number of hydrogen-bond donors (Lipinski definition) is 1. The topological polar surface area (TPSA) is 56.7 Å². The second-order valence-electron chi connectivity index (χ2n) is 4.12. The van der Waals surface area contributed by atoms with Gasteiger partial charge in [0.05, 0.1) is 0 Å². The van der Waals surface area contributed by atoms with E-state index in [0.717, 1.165) is 15.4 Å². The molecule has 0 aliphatic carbocycles. The molecule has 0 saturated heterocycles. The molecule has 90 valence electrons.